The Hall–Kier alpha value is -5.11. The molecule has 14 rings (SSSR count). The molecule has 0 saturated heterocycles. The minimum atomic E-state index is -0.0302. The van der Waals surface area contributed by atoms with E-state index >= 15 is 0 Å². The summed E-state index contributed by atoms with van der Waals surface area (Å²) in [7, 11) is 0. The van der Waals surface area contributed by atoms with Gasteiger partial charge in [0.25, 0.3) is 13.4 Å². The molecule has 0 amide bonds. The van der Waals surface area contributed by atoms with Crippen LogP contribution in [0.15, 0.2) is 163 Å². The van der Waals surface area contributed by atoms with E-state index in [9.17, 15) is 0 Å². The summed E-state index contributed by atoms with van der Waals surface area (Å²) < 4.78 is 17.6. The van der Waals surface area contributed by atoms with E-state index in [4.69, 9.17) is 9.47 Å². The van der Waals surface area contributed by atoms with Gasteiger partial charge in [-0.15, -0.1) is 0 Å². The number of hydrogen-bond donors (Lipinski definition) is 0. The average molecular weight is 1020 g/mol. The van der Waals surface area contributed by atoms with Gasteiger partial charge in [0.05, 0.1) is 0 Å². The second kappa shape index (κ2) is 12.3. The van der Waals surface area contributed by atoms with Gasteiger partial charge in [-0.25, -0.2) is 0 Å². The molecule has 8 heteroatoms. The van der Waals surface area contributed by atoms with Crippen molar-refractivity contribution in [3.8, 4) is 67.5 Å². The predicted molar refractivity (Wildman–Crippen MR) is 265 cm³/mol. The quantitative estimate of drug-likeness (QED) is 0.127. The van der Waals surface area contributed by atoms with Gasteiger partial charge in [-0.3, -0.25) is 0 Å². The van der Waals surface area contributed by atoms with Crippen molar-refractivity contribution < 1.29 is 9.47 Å². The minimum Gasteiger partial charge on any atom is -0.458 e. The number of fused-ring (bicyclic) bond motifs is 8. The van der Waals surface area contributed by atoms with Crippen LogP contribution in [0, 0.1) is 0 Å². The first-order chi connectivity index (χ1) is 29.4. The highest BCUT2D eigenvalue weighted by Gasteiger charge is 2.44. The molecule has 60 heavy (non-hydrogen) atoms. The van der Waals surface area contributed by atoms with Crippen molar-refractivity contribution in [1.29, 1.82) is 0 Å². The lowest BCUT2D eigenvalue weighted by Crippen LogP contribution is -2.58. The van der Waals surface area contributed by atoms with E-state index in [1.165, 1.54) is 110 Å². The maximum Gasteiger partial charge on any atom is 0.252 e. The van der Waals surface area contributed by atoms with Crippen LogP contribution in [0.3, 0.4) is 0 Å². The molecule has 0 fully saturated rings. The molecule has 4 aliphatic heterocycles. The monoisotopic (exact) mass is 1020 g/mol. The molecule has 0 unspecified atom stereocenters. The van der Waals surface area contributed by atoms with E-state index in [1.54, 1.807) is 0 Å². The van der Waals surface area contributed by atoms with E-state index in [2.05, 4.69) is 209 Å². The van der Waals surface area contributed by atoms with Gasteiger partial charge in [0.2, 0.25) is 0 Å². The number of halogens is 4. The van der Waals surface area contributed by atoms with Gasteiger partial charge >= 0.3 is 0 Å². The summed E-state index contributed by atoms with van der Waals surface area (Å²) in [4.78, 5) is 0. The van der Waals surface area contributed by atoms with Gasteiger partial charge in [0.15, 0.2) is 0 Å². The van der Waals surface area contributed by atoms with Crippen LogP contribution >= 0.6 is 63.7 Å². The zero-order chi connectivity index (χ0) is 39.7. The zero-order valence-electron chi connectivity index (χ0n) is 31.3. The van der Waals surface area contributed by atoms with Gasteiger partial charge < -0.3 is 9.47 Å². The Morgan fingerprint density at radius 2 is 0.733 bits per heavy atom. The first kappa shape index (κ1) is 34.6. The van der Waals surface area contributed by atoms with Crippen molar-refractivity contribution in [3.05, 3.63) is 163 Å². The molecule has 0 N–H and O–H groups in total. The zero-order valence-corrected chi connectivity index (χ0v) is 37.7. The third-order valence-corrected chi connectivity index (χ3v) is 15.2. The Morgan fingerprint density at radius 1 is 0.317 bits per heavy atom. The summed E-state index contributed by atoms with van der Waals surface area (Å²) in [5, 5.41) is 7.79. The van der Waals surface area contributed by atoms with Crippen molar-refractivity contribution in [1.82, 2.24) is 0 Å². The molecule has 0 aliphatic carbocycles. The van der Waals surface area contributed by atoms with Crippen LogP contribution in [0.5, 0.6) is 23.0 Å². The molecular formula is C52H24B2Br4O2. The van der Waals surface area contributed by atoms with E-state index < -0.39 is 0 Å². The second-order valence-corrected chi connectivity index (χ2v) is 20.0. The van der Waals surface area contributed by atoms with Crippen molar-refractivity contribution in [2.24, 2.45) is 0 Å². The highest BCUT2D eigenvalue weighted by molar-refractivity contribution is 9.11. The van der Waals surface area contributed by atoms with E-state index in [0.717, 1.165) is 40.9 Å². The fraction of sp³-hybridized carbons (Fsp3) is 0. The number of benzene rings is 10. The van der Waals surface area contributed by atoms with Crippen molar-refractivity contribution >= 4 is 142 Å². The van der Waals surface area contributed by atoms with Crippen LogP contribution in [0.25, 0.3) is 76.8 Å². The van der Waals surface area contributed by atoms with Gasteiger partial charge in [-0.05, 0) is 159 Å². The molecular weight excluding hydrogens is 998 g/mol. The molecule has 0 radical (unpaired) electrons. The fourth-order valence-electron chi connectivity index (χ4n) is 11.1. The van der Waals surface area contributed by atoms with Crippen LogP contribution in [0.2, 0.25) is 0 Å². The lowest BCUT2D eigenvalue weighted by atomic mass is 9.32. The van der Waals surface area contributed by atoms with Crippen LogP contribution in [0.1, 0.15) is 0 Å². The summed E-state index contributed by atoms with van der Waals surface area (Å²) in [6, 6.07) is 53.9. The first-order valence-corrected chi connectivity index (χ1v) is 23.1. The maximum absolute atomic E-state index is 6.83. The Labute approximate surface area is 379 Å². The predicted octanol–water partition coefficient (Wildman–Crippen LogP) is 12.2. The summed E-state index contributed by atoms with van der Waals surface area (Å²) >= 11 is 15.4. The van der Waals surface area contributed by atoms with Crippen LogP contribution in [-0.2, 0) is 0 Å². The summed E-state index contributed by atoms with van der Waals surface area (Å²) in [6.07, 6.45) is 0. The van der Waals surface area contributed by atoms with Gasteiger partial charge in [0, 0.05) is 17.9 Å². The lowest BCUT2D eigenvalue weighted by Gasteiger charge is -2.37. The van der Waals surface area contributed by atoms with E-state index in [1.807, 2.05) is 0 Å². The summed E-state index contributed by atoms with van der Waals surface area (Å²) in [6.45, 7) is -0.0604. The smallest absolute Gasteiger partial charge is 0.252 e. The van der Waals surface area contributed by atoms with Crippen molar-refractivity contribution in [3.63, 3.8) is 0 Å². The maximum atomic E-state index is 6.83. The molecule has 278 valence electrons. The molecule has 10 aromatic carbocycles. The largest absolute Gasteiger partial charge is 0.458 e. The SMILES string of the molecule is Brc1ccc2c(c1)Oc1cc(Br)cc3c1B2c1cc2c(-c4ccccc4)cc4c5c(cc6c(-c7ccccc7)cc-3c1c6c25)B1c2ccc(Br)cc2Oc2cc(Br)cc-4c21. The molecule has 10 aromatic rings. The highest BCUT2D eigenvalue weighted by Crippen LogP contribution is 2.51. The molecule has 2 nitrogen and oxygen atoms in total. The molecule has 0 atom stereocenters. The summed E-state index contributed by atoms with van der Waals surface area (Å²) in [5.41, 5.74) is 17.1. The number of hydrogen-bond acceptors (Lipinski definition) is 2. The Bertz CT molecular complexity index is 3370. The van der Waals surface area contributed by atoms with E-state index in [0.29, 0.717) is 0 Å². The molecule has 4 heterocycles. The normalized spacial score (nSPS) is 13.5. The third kappa shape index (κ3) is 4.55. The standard InChI is InChI=1S/C52H24B2Br4O2/c55-27-11-13-39-43(17-27)60-46-20-30(58)16-38-34-22-32(26-9-5-2-6-10-26)36-24-42-47-33(37-15-29(57)19-45-51(37)54(42)40-14-12-28(56)18-44(40)59-45)21-31(25-7-3-1-4-8-25)35-23-41(53(39)52(38)46)48(34)50(36)49(35)47/h1-24H. The van der Waals surface area contributed by atoms with Crippen molar-refractivity contribution in [2.75, 3.05) is 0 Å². The second-order valence-electron chi connectivity index (χ2n) is 16.4. The molecule has 0 saturated carbocycles. The third-order valence-electron chi connectivity index (χ3n) is 13.3. The lowest BCUT2D eigenvalue weighted by molar-refractivity contribution is 0.486. The van der Waals surface area contributed by atoms with Gasteiger partial charge in [0.1, 0.15) is 23.0 Å². The Balaban J connectivity index is 1.25. The van der Waals surface area contributed by atoms with Gasteiger partial charge in [-0.2, -0.15) is 0 Å². The fourth-order valence-corrected chi connectivity index (χ4v) is 12.7. The number of rotatable bonds is 2. The molecule has 0 bridgehead atoms. The number of ether oxygens (including phenoxy) is 2. The topological polar surface area (TPSA) is 18.5 Å². The molecule has 0 aromatic heterocycles. The molecule has 0 spiro atoms. The Morgan fingerprint density at radius 3 is 1.17 bits per heavy atom. The summed E-state index contributed by atoms with van der Waals surface area (Å²) in [5.74, 6) is 3.55. The minimum absolute atomic E-state index is 0.0302. The first-order valence-electron chi connectivity index (χ1n) is 20.0. The highest BCUT2D eigenvalue weighted by atomic mass is 79.9. The van der Waals surface area contributed by atoms with Crippen LogP contribution in [-0.4, -0.2) is 13.4 Å². The van der Waals surface area contributed by atoms with E-state index in [-0.39, 0.29) is 13.4 Å². The van der Waals surface area contributed by atoms with Crippen LogP contribution in [0.4, 0.5) is 0 Å². The van der Waals surface area contributed by atoms with Crippen molar-refractivity contribution in [2.45, 2.75) is 0 Å². The average Bonchev–Trinajstić information content (AvgIpc) is 3.25. The molecule has 4 aliphatic rings. The van der Waals surface area contributed by atoms with Gasteiger partial charge in [-0.1, -0.05) is 160 Å². The van der Waals surface area contributed by atoms with Crippen LogP contribution < -0.4 is 42.3 Å². The Kier molecular flexibility index (Phi) is 7.07.